The lowest BCUT2D eigenvalue weighted by Crippen LogP contribution is -2.08. The molecule has 0 aromatic heterocycles. The first-order chi connectivity index (χ1) is 9.16. The summed E-state index contributed by atoms with van der Waals surface area (Å²) in [6, 6.07) is 0. The van der Waals surface area contributed by atoms with E-state index in [9.17, 15) is 9.59 Å². The first kappa shape index (κ1) is 17.9. The lowest BCUT2D eigenvalue weighted by molar-refractivity contribution is -0.257. The van der Waals surface area contributed by atoms with E-state index in [1.165, 1.54) is 39.0 Å². The second-order valence-corrected chi connectivity index (χ2v) is 4.75. The zero-order valence-corrected chi connectivity index (χ0v) is 12.0. The molecule has 0 aromatic carbocycles. The third kappa shape index (κ3) is 14.8. The van der Waals surface area contributed by atoms with E-state index in [-0.39, 0.29) is 0 Å². The lowest BCUT2D eigenvalue weighted by atomic mass is 10.1. The predicted molar refractivity (Wildman–Crippen MR) is 73.1 cm³/mol. The summed E-state index contributed by atoms with van der Waals surface area (Å²) in [5.74, 6) is -1.08. The van der Waals surface area contributed by atoms with Crippen LogP contribution in [0.1, 0.15) is 71.1 Å². The smallest absolute Gasteiger partial charge is 0.330 e. The third-order valence-electron chi connectivity index (χ3n) is 2.84. The molecule has 112 valence electrons. The fourth-order valence-corrected chi connectivity index (χ4v) is 1.80. The molecule has 0 saturated carbocycles. The highest BCUT2D eigenvalue weighted by Gasteiger charge is 2.05. The molecule has 0 saturated heterocycles. The van der Waals surface area contributed by atoms with Crippen LogP contribution < -0.4 is 5.73 Å². The monoisotopic (exact) mass is 273 g/mol. The average molecular weight is 273 g/mol. The van der Waals surface area contributed by atoms with Gasteiger partial charge >= 0.3 is 11.9 Å². The Labute approximate surface area is 115 Å². The summed E-state index contributed by atoms with van der Waals surface area (Å²) in [7, 11) is 0. The van der Waals surface area contributed by atoms with E-state index < -0.39 is 11.9 Å². The van der Waals surface area contributed by atoms with Crippen LogP contribution in [0.3, 0.4) is 0 Å². The van der Waals surface area contributed by atoms with E-state index in [2.05, 4.69) is 9.78 Å². The quantitative estimate of drug-likeness (QED) is 0.356. The van der Waals surface area contributed by atoms with E-state index in [0.717, 1.165) is 32.2 Å². The molecule has 0 spiro atoms. The van der Waals surface area contributed by atoms with Gasteiger partial charge in [0.15, 0.2) is 0 Å². The molecule has 5 nitrogen and oxygen atoms in total. The van der Waals surface area contributed by atoms with Gasteiger partial charge in [-0.1, -0.05) is 44.9 Å². The first-order valence-electron chi connectivity index (χ1n) is 7.24. The van der Waals surface area contributed by atoms with Crippen molar-refractivity contribution in [1.82, 2.24) is 0 Å². The van der Waals surface area contributed by atoms with Gasteiger partial charge in [-0.25, -0.2) is 19.4 Å². The summed E-state index contributed by atoms with van der Waals surface area (Å²) in [5, 5.41) is 0. The molecule has 5 heteroatoms. The van der Waals surface area contributed by atoms with E-state index in [1.54, 1.807) is 0 Å². The normalized spacial score (nSPS) is 10.2. The summed E-state index contributed by atoms with van der Waals surface area (Å²) in [4.78, 5) is 29.9. The van der Waals surface area contributed by atoms with Crippen LogP contribution in [0.15, 0.2) is 0 Å². The molecule has 2 N–H and O–H groups in total. The van der Waals surface area contributed by atoms with E-state index in [4.69, 9.17) is 5.73 Å². The Morgan fingerprint density at radius 1 is 0.789 bits per heavy atom. The minimum atomic E-state index is -0.608. The largest absolute Gasteiger partial charge is 0.355 e. The molecule has 0 unspecified atom stereocenters. The zero-order valence-electron chi connectivity index (χ0n) is 12.0. The van der Waals surface area contributed by atoms with Crippen LogP contribution in [0.25, 0.3) is 0 Å². The molecule has 0 aliphatic heterocycles. The summed E-state index contributed by atoms with van der Waals surface area (Å²) >= 11 is 0. The summed E-state index contributed by atoms with van der Waals surface area (Å²) in [5.41, 5.74) is 5.42. The van der Waals surface area contributed by atoms with Crippen molar-refractivity contribution in [2.75, 3.05) is 6.54 Å². The van der Waals surface area contributed by atoms with Crippen LogP contribution in [0, 0.1) is 0 Å². The van der Waals surface area contributed by atoms with Gasteiger partial charge in [0, 0.05) is 6.92 Å². The Bertz CT molecular complexity index is 244. The zero-order chi connectivity index (χ0) is 14.3. The van der Waals surface area contributed by atoms with Gasteiger partial charge in [0.1, 0.15) is 0 Å². The summed E-state index contributed by atoms with van der Waals surface area (Å²) in [6.07, 6.45) is 10.6. The second-order valence-electron chi connectivity index (χ2n) is 4.75. The number of hydrogen-bond donors (Lipinski definition) is 1. The fourth-order valence-electron chi connectivity index (χ4n) is 1.80. The third-order valence-corrected chi connectivity index (χ3v) is 2.84. The van der Waals surface area contributed by atoms with Crippen LogP contribution in [-0.4, -0.2) is 18.5 Å². The molecule has 0 heterocycles. The Balaban J connectivity index is 3.13. The van der Waals surface area contributed by atoms with Crippen molar-refractivity contribution in [3.8, 4) is 0 Å². The minimum Gasteiger partial charge on any atom is -0.330 e. The van der Waals surface area contributed by atoms with Crippen LogP contribution in [0.4, 0.5) is 0 Å². The maximum Gasteiger partial charge on any atom is 0.355 e. The van der Waals surface area contributed by atoms with Crippen LogP contribution in [0.2, 0.25) is 0 Å². The van der Waals surface area contributed by atoms with Crippen LogP contribution >= 0.6 is 0 Å². The number of nitrogens with two attached hydrogens (primary N) is 1. The molecule has 0 radical (unpaired) electrons. The van der Waals surface area contributed by atoms with Gasteiger partial charge in [-0.3, -0.25) is 0 Å². The molecule has 19 heavy (non-hydrogen) atoms. The van der Waals surface area contributed by atoms with Crippen molar-refractivity contribution in [3.63, 3.8) is 0 Å². The second kappa shape index (κ2) is 13.3. The minimum absolute atomic E-state index is 0.309. The average Bonchev–Trinajstić information content (AvgIpc) is 2.38. The maximum atomic E-state index is 11.1. The highest BCUT2D eigenvalue weighted by Crippen LogP contribution is 2.10. The fraction of sp³-hybridized carbons (Fsp3) is 0.857. The predicted octanol–water partition coefficient (Wildman–Crippen LogP) is 2.87. The number of unbranched alkanes of at least 4 members (excludes halogenated alkanes) is 8. The van der Waals surface area contributed by atoms with Gasteiger partial charge in [-0.2, -0.15) is 0 Å². The van der Waals surface area contributed by atoms with Crippen LogP contribution in [0.5, 0.6) is 0 Å². The number of carbonyl (C=O) groups excluding carboxylic acids is 2. The Morgan fingerprint density at radius 3 is 1.74 bits per heavy atom. The Hall–Kier alpha value is -1.10. The van der Waals surface area contributed by atoms with Crippen molar-refractivity contribution in [2.24, 2.45) is 5.73 Å². The maximum absolute atomic E-state index is 11.1. The first-order valence-corrected chi connectivity index (χ1v) is 7.24. The van der Waals surface area contributed by atoms with Crippen molar-refractivity contribution >= 4 is 11.9 Å². The van der Waals surface area contributed by atoms with Gasteiger partial charge in [0.2, 0.25) is 0 Å². The molecule has 0 bridgehead atoms. The SMILES string of the molecule is CC(=O)OOC(=O)CCCCCCCCCCCN. The molecule has 0 aliphatic carbocycles. The van der Waals surface area contributed by atoms with Gasteiger partial charge in [-0.05, 0) is 19.4 Å². The molecule has 0 amide bonds. The van der Waals surface area contributed by atoms with Crippen molar-refractivity contribution in [1.29, 1.82) is 0 Å². The number of rotatable bonds is 11. The topological polar surface area (TPSA) is 78.6 Å². The molecule has 0 aromatic rings. The van der Waals surface area contributed by atoms with Gasteiger partial charge in [0.05, 0.1) is 6.42 Å². The summed E-state index contributed by atoms with van der Waals surface area (Å²) in [6.45, 7) is 1.99. The van der Waals surface area contributed by atoms with Crippen molar-refractivity contribution in [2.45, 2.75) is 71.1 Å². The highest BCUT2D eigenvalue weighted by molar-refractivity contribution is 5.71. The highest BCUT2D eigenvalue weighted by atomic mass is 17.2. The molecule has 0 aliphatic rings. The standard InChI is InChI=1S/C14H27NO4/c1-13(16)18-19-14(17)11-9-7-5-3-2-4-6-8-10-12-15/h2-12,15H2,1H3. The lowest BCUT2D eigenvalue weighted by Gasteiger charge is -2.02. The van der Waals surface area contributed by atoms with Crippen LogP contribution in [-0.2, 0) is 19.4 Å². The Morgan fingerprint density at radius 2 is 1.26 bits per heavy atom. The van der Waals surface area contributed by atoms with Crippen molar-refractivity contribution < 1.29 is 19.4 Å². The number of hydrogen-bond acceptors (Lipinski definition) is 5. The molecule has 0 rings (SSSR count). The molecular formula is C14H27NO4. The molecule has 0 atom stereocenters. The Kier molecular flexibility index (Phi) is 12.6. The number of carbonyl (C=O) groups is 2. The van der Waals surface area contributed by atoms with E-state index in [1.807, 2.05) is 0 Å². The molecular weight excluding hydrogens is 246 g/mol. The van der Waals surface area contributed by atoms with Crippen molar-refractivity contribution in [3.05, 3.63) is 0 Å². The molecule has 0 fully saturated rings. The van der Waals surface area contributed by atoms with E-state index in [0.29, 0.717) is 6.42 Å². The summed E-state index contributed by atoms with van der Waals surface area (Å²) < 4.78 is 0. The van der Waals surface area contributed by atoms with Gasteiger partial charge in [0.25, 0.3) is 0 Å². The van der Waals surface area contributed by atoms with Gasteiger partial charge < -0.3 is 5.73 Å². The van der Waals surface area contributed by atoms with E-state index >= 15 is 0 Å². The van der Waals surface area contributed by atoms with Gasteiger partial charge in [-0.15, -0.1) is 0 Å².